The van der Waals surface area contributed by atoms with Gasteiger partial charge in [0.05, 0.1) is 26.4 Å². The summed E-state index contributed by atoms with van der Waals surface area (Å²) in [6.45, 7) is 2.32. The van der Waals surface area contributed by atoms with E-state index in [-0.39, 0.29) is 19.3 Å². The number of hydrogen-bond acceptors (Lipinski definition) is 14. The number of aliphatic hydroxyl groups is 2. The first-order chi connectivity index (χ1) is 52.2. The fourth-order valence-electron chi connectivity index (χ4n) is 10.7. The second-order valence-corrected chi connectivity index (χ2v) is 30.1. The molecule has 0 amide bonds. The Labute approximate surface area is 650 Å². The van der Waals surface area contributed by atoms with E-state index < -0.39 is 91.5 Å². The van der Waals surface area contributed by atoms with Crippen LogP contribution >= 0.6 is 15.6 Å². The van der Waals surface area contributed by atoms with Crippen molar-refractivity contribution in [1.82, 2.24) is 0 Å². The molecule has 16 nitrogen and oxygen atoms in total. The molecule has 0 spiro atoms. The van der Waals surface area contributed by atoms with Crippen molar-refractivity contribution in [2.75, 3.05) is 39.6 Å². The number of esters is 3. The predicted octanol–water partition coefficient (Wildman–Crippen LogP) is 24.8. The highest BCUT2D eigenvalue weighted by molar-refractivity contribution is 7.47. The van der Waals surface area contributed by atoms with Crippen LogP contribution in [0.2, 0.25) is 0 Å². The van der Waals surface area contributed by atoms with Gasteiger partial charge in [-0.3, -0.25) is 32.5 Å². The van der Waals surface area contributed by atoms with Crippen LogP contribution in [0.25, 0.3) is 0 Å². The molecule has 0 rings (SSSR count). The monoisotopic (exact) mass is 1540 g/mol. The van der Waals surface area contributed by atoms with Crippen LogP contribution in [-0.4, -0.2) is 95.9 Å². The first-order valence-electron chi connectivity index (χ1n) is 41.4. The number of rotatable bonds is 77. The predicted molar refractivity (Wildman–Crippen MR) is 445 cm³/mol. The number of allylic oxidation sites excluding steroid dienone is 28. The summed E-state index contributed by atoms with van der Waals surface area (Å²) in [4.78, 5) is 58.7. The lowest BCUT2D eigenvalue weighted by molar-refractivity contribution is -0.161. The van der Waals surface area contributed by atoms with Crippen LogP contribution in [0.15, 0.2) is 170 Å². The number of carbonyl (C=O) groups excluding carboxylic acids is 3. The number of hydrogen-bond donors (Lipinski definition) is 4. The SMILES string of the molecule is CC/C=C\C/C=C\C/C=C\C/C=C\C/C=C\C/C=C\CCC(=O)OCC(COP(=O)(O)OCC(O)COP(=O)(O)OCC(O)COC(=O)CCCCCCCCCCCCCCCCCCC/C=C\C/C=C\C/C=C\C/C=C\CCCCC)OC(=O)CCCCCCCC/C=C\C/C=C\C/C=C\C/C=C\CC. The highest BCUT2D eigenvalue weighted by Gasteiger charge is 2.29. The van der Waals surface area contributed by atoms with Crippen molar-refractivity contribution in [3.8, 4) is 0 Å². The van der Waals surface area contributed by atoms with E-state index in [2.05, 4.69) is 173 Å². The fourth-order valence-corrected chi connectivity index (χ4v) is 12.3. The topological polar surface area (TPSA) is 231 Å². The molecule has 107 heavy (non-hydrogen) atoms. The van der Waals surface area contributed by atoms with Gasteiger partial charge in [-0.15, -0.1) is 0 Å². The quantitative estimate of drug-likeness (QED) is 0.0146. The third-order valence-corrected chi connectivity index (χ3v) is 18.8. The standard InChI is InChI=1S/C89H148O16P2/c1-4-7-10-13-16-19-22-25-28-31-34-35-36-37-38-39-40-41-42-43-44-45-46-47-50-52-54-57-60-63-66-69-72-75-87(92)99-78-84(90)79-101-106(95,96)102-80-85(91)81-103-107(97,98)104-83-86(105-89(94)77-74-71-68-65-62-59-56-53-49-33-30-27-24-21-18-15-12-9-6-3)82-100-88(93)76-73-70-67-64-61-58-55-51-48-32-29-26-23-20-17-14-11-8-5-2/h8-9,11-12,16-21,25-30,34-35,37-38,48-49,51,53,58,61,67,70,84-86,90-91H,4-7,10,13-15,22-24,31-33,36,39-47,50,52,54-57,59-60,62-66,68-69,71-83H2,1-3H3,(H,95,96)(H,97,98)/b11-8-,12-9-,19-16-,20-17-,21-18-,28-25-,29-26-,30-27-,35-34-,38-37-,51-48-,53-49-,61-58-,70-67-. The summed E-state index contributed by atoms with van der Waals surface area (Å²) in [7, 11) is -9.83. The minimum Gasteiger partial charge on any atom is -0.463 e. The lowest BCUT2D eigenvalue weighted by Crippen LogP contribution is -2.30. The van der Waals surface area contributed by atoms with Gasteiger partial charge in [0.1, 0.15) is 25.4 Å². The largest absolute Gasteiger partial charge is 0.472 e. The van der Waals surface area contributed by atoms with Gasteiger partial charge in [0.25, 0.3) is 0 Å². The Morgan fingerprint density at radius 1 is 0.271 bits per heavy atom. The van der Waals surface area contributed by atoms with Crippen LogP contribution in [0, 0.1) is 0 Å². The van der Waals surface area contributed by atoms with Gasteiger partial charge in [-0.2, -0.15) is 0 Å². The Balaban J connectivity index is 4.55. The molecule has 0 heterocycles. The Morgan fingerprint density at radius 2 is 0.514 bits per heavy atom. The van der Waals surface area contributed by atoms with E-state index >= 15 is 0 Å². The van der Waals surface area contributed by atoms with Gasteiger partial charge < -0.3 is 34.2 Å². The molecule has 4 N–H and O–H groups in total. The van der Waals surface area contributed by atoms with Crippen molar-refractivity contribution in [2.24, 2.45) is 0 Å². The molecule has 610 valence electrons. The summed E-state index contributed by atoms with van der Waals surface area (Å²) >= 11 is 0. The van der Waals surface area contributed by atoms with Crippen molar-refractivity contribution in [2.45, 2.75) is 334 Å². The maximum atomic E-state index is 13.0. The molecule has 0 aliphatic heterocycles. The Morgan fingerprint density at radius 3 is 0.841 bits per heavy atom. The van der Waals surface area contributed by atoms with Crippen molar-refractivity contribution in [1.29, 1.82) is 0 Å². The van der Waals surface area contributed by atoms with Crippen LogP contribution in [0.3, 0.4) is 0 Å². The van der Waals surface area contributed by atoms with Gasteiger partial charge in [0.15, 0.2) is 6.10 Å². The molecule has 0 aliphatic rings. The molecule has 0 aromatic carbocycles. The van der Waals surface area contributed by atoms with Crippen LogP contribution < -0.4 is 0 Å². The molecule has 5 atom stereocenters. The molecule has 0 aromatic heterocycles. The number of unbranched alkanes of at least 4 members (excludes halogenated alkanes) is 26. The molecule has 0 bridgehead atoms. The molecule has 0 fully saturated rings. The van der Waals surface area contributed by atoms with Gasteiger partial charge in [-0.25, -0.2) is 9.13 Å². The zero-order valence-electron chi connectivity index (χ0n) is 66.7. The molecule has 0 saturated carbocycles. The van der Waals surface area contributed by atoms with E-state index in [0.717, 1.165) is 135 Å². The summed E-state index contributed by atoms with van der Waals surface area (Å²) in [6.07, 6.45) is 103. The number of aliphatic hydroxyl groups excluding tert-OH is 2. The average Bonchev–Trinajstić information content (AvgIpc) is 0.934. The van der Waals surface area contributed by atoms with Gasteiger partial charge in [0.2, 0.25) is 0 Å². The minimum absolute atomic E-state index is 0.0360. The van der Waals surface area contributed by atoms with E-state index in [1.165, 1.54) is 116 Å². The molecule has 5 unspecified atom stereocenters. The first kappa shape index (κ1) is 102. The van der Waals surface area contributed by atoms with Gasteiger partial charge in [0, 0.05) is 19.3 Å². The van der Waals surface area contributed by atoms with Gasteiger partial charge in [-0.1, -0.05) is 326 Å². The van der Waals surface area contributed by atoms with Crippen molar-refractivity contribution < 1.29 is 75.8 Å². The van der Waals surface area contributed by atoms with Gasteiger partial charge >= 0.3 is 33.6 Å². The third-order valence-electron chi connectivity index (χ3n) is 16.9. The van der Waals surface area contributed by atoms with Crippen LogP contribution in [0.5, 0.6) is 0 Å². The molecule has 0 radical (unpaired) electrons. The minimum atomic E-state index is -4.96. The van der Waals surface area contributed by atoms with Crippen LogP contribution in [0.1, 0.15) is 316 Å². The summed E-state index contributed by atoms with van der Waals surface area (Å²) in [5.41, 5.74) is 0. The highest BCUT2D eigenvalue weighted by Crippen LogP contribution is 2.45. The smallest absolute Gasteiger partial charge is 0.463 e. The fraction of sp³-hybridized carbons (Fsp3) is 0.652. The Kier molecular flexibility index (Phi) is 76.6. The van der Waals surface area contributed by atoms with Crippen molar-refractivity contribution in [3.63, 3.8) is 0 Å². The van der Waals surface area contributed by atoms with E-state index in [1.54, 1.807) is 0 Å². The second kappa shape index (κ2) is 80.4. The molecular formula is C89H148O16P2. The van der Waals surface area contributed by atoms with Gasteiger partial charge in [-0.05, 0) is 141 Å². The first-order valence-corrected chi connectivity index (χ1v) is 44.4. The maximum Gasteiger partial charge on any atom is 0.472 e. The molecule has 0 saturated heterocycles. The lowest BCUT2D eigenvalue weighted by atomic mass is 10.0. The number of phosphoric ester groups is 2. The third kappa shape index (κ3) is 81.7. The Bertz CT molecular complexity index is 2620. The lowest BCUT2D eigenvalue weighted by Gasteiger charge is -2.21. The summed E-state index contributed by atoms with van der Waals surface area (Å²) < 4.78 is 61.1. The molecule has 0 aliphatic carbocycles. The average molecular weight is 1540 g/mol. The normalized spacial score (nSPS) is 14.8. The zero-order chi connectivity index (χ0) is 78.0. The van der Waals surface area contributed by atoms with E-state index in [0.29, 0.717) is 25.7 Å². The number of phosphoric acid groups is 2. The summed E-state index contributed by atoms with van der Waals surface area (Å²) in [5.74, 6) is -1.69. The molecular weight excluding hydrogens is 1390 g/mol. The highest BCUT2D eigenvalue weighted by atomic mass is 31.2. The van der Waals surface area contributed by atoms with Crippen LogP contribution in [-0.2, 0) is 55.8 Å². The Hall–Kier alpha value is -5.09. The van der Waals surface area contributed by atoms with E-state index in [4.69, 9.17) is 32.3 Å². The summed E-state index contributed by atoms with van der Waals surface area (Å²) in [6, 6.07) is 0. The van der Waals surface area contributed by atoms with Crippen LogP contribution in [0.4, 0.5) is 0 Å². The maximum absolute atomic E-state index is 13.0. The van der Waals surface area contributed by atoms with E-state index in [1.807, 2.05) is 18.2 Å². The van der Waals surface area contributed by atoms with E-state index in [9.17, 15) is 43.5 Å². The second-order valence-electron chi connectivity index (χ2n) is 27.2. The van der Waals surface area contributed by atoms with Crippen molar-refractivity contribution in [3.05, 3.63) is 170 Å². The number of carbonyl (C=O) groups is 3. The molecule has 0 aromatic rings. The summed E-state index contributed by atoms with van der Waals surface area (Å²) in [5, 5.41) is 20.7. The zero-order valence-corrected chi connectivity index (χ0v) is 68.5. The van der Waals surface area contributed by atoms with Crippen molar-refractivity contribution >= 4 is 33.6 Å². The molecule has 18 heteroatoms. The number of ether oxygens (including phenoxy) is 3.